The van der Waals surface area contributed by atoms with Crippen molar-refractivity contribution in [2.24, 2.45) is 5.92 Å². The molecule has 1 amide bonds. The second-order valence-electron chi connectivity index (χ2n) is 7.06. The molecule has 2 heterocycles. The van der Waals surface area contributed by atoms with E-state index in [0.29, 0.717) is 11.0 Å². The molecule has 2 rings (SSSR count). The van der Waals surface area contributed by atoms with E-state index >= 15 is 0 Å². The normalized spacial score (nSPS) is 11.9. The molecule has 0 atom stereocenters. The van der Waals surface area contributed by atoms with Crippen LogP contribution in [0.4, 0.5) is 5.13 Å². The van der Waals surface area contributed by atoms with Crippen molar-refractivity contribution in [3.8, 4) is 6.07 Å². The lowest BCUT2D eigenvalue weighted by Crippen LogP contribution is -2.13. The lowest BCUT2D eigenvalue weighted by atomic mass is 10.1. The molecule has 0 aromatic carbocycles. The van der Waals surface area contributed by atoms with Crippen LogP contribution in [-0.2, 0) is 11.3 Å². The summed E-state index contributed by atoms with van der Waals surface area (Å²) in [6, 6.07) is 4.00. The van der Waals surface area contributed by atoms with Gasteiger partial charge in [0, 0.05) is 23.9 Å². The minimum absolute atomic E-state index is 0.0519. The molecule has 0 fully saturated rings. The third-order valence-corrected chi connectivity index (χ3v) is 5.12. The van der Waals surface area contributed by atoms with Gasteiger partial charge in [0.15, 0.2) is 0 Å². The van der Waals surface area contributed by atoms with Gasteiger partial charge in [-0.05, 0) is 37.5 Å². The molecule has 0 bridgehead atoms. The summed E-state index contributed by atoms with van der Waals surface area (Å²) in [4.78, 5) is 12.4. The first-order chi connectivity index (χ1) is 12.2. The van der Waals surface area contributed by atoms with Gasteiger partial charge in [0.2, 0.25) is 5.13 Å². The summed E-state index contributed by atoms with van der Waals surface area (Å²) < 4.78 is 2.21. The lowest BCUT2D eigenvalue weighted by molar-refractivity contribution is -0.112. The Bertz CT molecular complexity index is 867. The Labute approximate surface area is 158 Å². The molecule has 0 saturated heterocycles. The van der Waals surface area contributed by atoms with Crippen molar-refractivity contribution in [1.29, 1.82) is 5.26 Å². The number of amides is 1. The average molecular weight is 372 g/mol. The molecule has 6 nitrogen and oxygen atoms in total. The van der Waals surface area contributed by atoms with Crippen LogP contribution >= 0.6 is 11.3 Å². The van der Waals surface area contributed by atoms with E-state index < -0.39 is 5.91 Å². The van der Waals surface area contributed by atoms with E-state index in [9.17, 15) is 10.1 Å². The monoisotopic (exact) mass is 371 g/mol. The first kappa shape index (κ1) is 19.9. The van der Waals surface area contributed by atoms with E-state index in [0.717, 1.165) is 28.5 Å². The Morgan fingerprint density at radius 2 is 2.04 bits per heavy atom. The standard InChI is InChI=1S/C19H25N5OS/c1-11(2)10-24-13(5)7-15(14(24)6)8-16(9-20)17(25)21-19-23-22-18(26-19)12(3)4/h7-8,11-12H,10H2,1-6H3,(H,21,23,25)/b16-8+. The number of rotatable bonds is 6. The number of carbonyl (C=O) groups excluding carboxylic acids is 1. The zero-order valence-electron chi connectivity index (χ0n) is 16.1. The Morgan fingerprint density at radius 3 is 2.58 bits per heavy atom. The zero-order valence-corrected chi connectivity index (χ0v) is 16.9. The Kier molecular flexibility index (Phi) is 6.32. The van der Waals surface area contributed by atoms with Crippen molar-refractivity contribution in [2.75, 3.05) is 5.32 Å². The largest absolute Gasteiger partial charge is 0.348 e. The maximum absolute atomic E-state index is 12.4. The van der Waals surface area contributed by atoms with Crippen LogP contribution in [0.25, 0.3) is 6.08 Å². The van der Waals surface area contributed by atoms with Crippen molar-refractivity contribution in [3.05, 3.63) is 33.6 Å². The zero-order chi connectivity index (χ0) is 19.4. The topological polar surface area (TPSA) is 83.6 Å². The van der Waals surface area contributed by atoms with Gasteiger partial charge in [0.1, 0.15) is 16.6 Å². The van der Waals surface area contributed by atoms with Crippen LogP contribution in [-0.4, -0.2) is 20.7 Å². The molecule has 0 saturated carbocycles. The molecule has 138 valence electrons. The number of nitriles is 1. The second kappa shape index (κ2) is 8.28. The van der Waals surface area contributed by atoms with Gasteiger partial charge >= 0.3 is 0 Å². The van der Waals surface area contributed by atoms with Crippen LogP contribution in [0.15, 0.2) is 11.6 Å². The van der Waals surface area contributed by atoms with Crippen LogP contribution in [0.3, 0.4) is 0 Å². The number of hydrogen-bond donors (Lipinski definition) is 1. The van der Waals surface area contributed by atoms with Crippen LogP contribution in [0, 0.1) is 31.1 Å². The number of aryl methyl sites for hydroxylation is 1. The number of anilines is 1. The second-order valence-corrected chi connectivity index (χ2v) is 8.06. The first-order valence-electron chi connectivity index (χ1n) is 8.66. The molecular formula is C19H25N5OS. The summed E-state index contributed by atoms with van der Waals surface area (Å²) in [5.41, 5.74) is 3.10. The SMILES string of the molecule is Cc1cc(/C=C(\C#N)C(=O)Nc2nnc(C(C)C)s2)c(C)n1CC(C)C. The molecule has 26 heavy (non-hydrogen) atoms. The predicted molar refractivity (Wildman–Crippen MR) is 105 cm³/mol. The average Bonchev–Trinajstić information content (AvgIpc) is 3.12. The smallest absolute Gasteiger partial charge is 0.268 e. The van der Waals surface area contributed by atoms with E-state index in [1.54, 1.807) is 6.08 Å². The number of hydrogen-bond acceptors (Lipinski definition) is 5. The quantitative estimate of drug-likeness (QED) is 0.607. The van der Waals surface area contributed by atoms with Crippen LogP contribution in [0.2, 0.25) is 0 Å². The van der Waals surface area contributed by atoms with Crippen LogP contribution in [0.1, 0.15) is 55.6 Å². The molecule has 0 aliphatic carbocycles. The maximum Gasteiger partial charge on any atom is 0.268 e. The van der Waals surface area contributed by atoms with Crippen molar-refractivity contribution in [1.82, 2.24) is 14.8 Å². The fourth-order valence-electron chi connectivity index (χ4n) is 2.61. The van der Waals surface area contributed by atoms with E-state index in [1.165, 1.54) is 11.3 Å². The summed E-state index contributed by atoms with van der Waals surface area (Å²) in [5.74, 6) is 0.297. The lowest BCUT2D eigenvalue weighted by Gasteiger charge is -2.12. The van der Waals surface area contributed by atoms with Gasteiger partial charge in [-0.25, -0.2) is 0 Å². The van der Waals surface area contributed by atoms with Crippen molar-refractivity contribution < 1.29 is 4.79 Å². The maximum atomic E-state index is 12.4. The summed E-state index contributed by atoms with van der Waals surface area (Å²) in [5, 5.41) is 21.4. The molecule has 7 heteroatoms. The number of aromatic nitrogens is 3. The van der Waals surface area contributed by atoms with E-state index in [-0.39, 0.29) is 11.5 Å². The molecule has 1 N–H and O–H groups in total. The minimum Gasteiger partial charge on any atom is -0.348 e. The highest BCUT2D eigenvalue weighted by atomic mass is 32.1. The molecule has 0 spiro atoms. The molecule has 0 aliphatic heterocycles. The fourth-order valence-corrected chi connectivity index (χ4v) is 3.35. The Balaban J connectivity index is 2.24. The van der Waals surface area contributed by atoms with Crippen LogP contribution < -0.4 is 5.32 Å². The Morgan fingerprint density at radius 1 is 1.35 bits per heavy atom. The third kappa shape index (κ3) is 4.58. The Hall–Kier alpha value is -2.46. The number of carbonyl (C=O) groups is 1. The molecule has 0 unspecified atom stereocenters. The third-order valence-electron chi connectivity index (χ3n) is 3.98. The summed E-state index contributed by atoms with van der Waals surface area (Å²) >= 11 is 1.33. The summed E-state index contributed by atoms with van der Waals surface area (Å²) in [6.45, 7) is 13.3. The van der Waals surface area contributed by atoms with Gasteiger partial charge in [0.05, 0.1) is 0 Å². The van der Waals surface area contributed by atoms with Gasteiger partial charge in [-0.2, -0.15) is 5.26 Å². The molecule has 2 aromatic rings. The van der Waals surface area contributed by atoms with Gasteiger partial charge in [-0.1, -0.05) is 39.0 Å². The highest BCUT2D eigenvalue weighted by Gasteiger charge is 2.16. The van der Waals surface area contributed by atoms with E-state index in [1.807, 2.05) is 39.8 Å². The number of nitrogens with one attached hydrogen (secondary N) is 1. The first-order valence-corrected chi connectivity index (χ1v) is 9.47. The van der Waals surface area contributed by atoms with Gasteiger partial charge in [0.25, 0.3) is 5.91 Å². The number of nitrogens with zero attached hydrogens (tertiary/aromatic N) is 4. The van der Waals surface area contributed by atoms with Gasteiger partial charge in [-0.15, -0.1) is 10.2 Å². The summed E-state index contributed by atoms with van der Waals surface area (Å²) in [7, 11) is 0. The van der Waals surface area contributed by atoms with Crippen molar-refractivity contribution in [3.63, 3.8) is 0 Å². The fraction of sp³-hybridized carbons (Fsp3) is 0.474. The van der Waals surface area contributed by atoms with E-state index in [2.05, 4.69) is 33.9 Å². The predicted octanol–water partition coefficient (Wildman–Crippen LogP) is 4.28. The van der Waals surface area contributed by atoms with Gasteiger partial charge < -0.3 is 4.57 Å². The van der Waals surface area contributed by atoms with Crippen molar-refractivity contribution in [2.45, 2.75) is 54.0 Å². The molecule has 2 aromatic heterocycles. The van der Waals surface area contributed by atoms with Crippen molar-refractivity contribution >= 4 is 28.5 Å². The summed E-state index contributed by atoms with van der Waals surface area (Å²) in [6.07, 6.45) is 1.64. The molecular weight excluding hydrogens is 346 g/mol. The molecule has 0 aliphatic rings. The van der Waals surface area contributed by atoms with Crippen LogP contribution in [0.5, 0.6) is 0 Å². The highest BCUT2D eigenvalue weighted by molar-refractivity contribution is 7.15. The molecule has 0 radical (unpaired) electrons. The highest BCUT2D eigenvalue weighted by Crippen LogP contribution is 2.24. The van der Waals surface area contributed by atoms with Gasteiger partial charge in [-0.3, -0.25) is 10.1 Å². The van der Waals surface area contributed by atoms with E-state index in [4.69, 9.17) is 0 Å². The minimum atomic E-state index is -0.465.